The van der Waals surface area contributed by atoms with E-state index in [4.69, 9.17) is 9.47 Å². The van der Waals surface area contributed by atoms with Gasteiger partial charge in [0.2, 0.25) is 11.8 Å². The van der Waals surface area contributed by atoms with E-state index in [1.807, 2.05) is 6.92 Å². The number of ether oxygens (including phenoxy) is 2. The first-order valence-corrected chi connectivity index (χ1v) is 12.9. The minimum absolute atomic E-state index is 0.0106. The molecule has 2 aliphatic carbocycles. The number of unbranched alkanes of at least 4 members (excludes halogenated alkanes) is 1. The molecular formula is C27H36N2O7. The standard InChI is InChI=1S/C27H36N2O7/c1-3-4-9-22(32)29(17-7-5-6-8-17)20-14-19(27(34)28-10-11-30)23-18-12-16(15-31)13-21(35-2)25(18)36-26(23)24(20)33/h12-15,17,20,23-24,26,30,33H,3-11H2,1-2H3,(H,28,34). The molecule has 3 N–H and O–H groups in total. The molecule has 1 saturated carbocycles. The number of aliphatic hydroxyl groups is 2. The minimum Gasteiger partial charge on any atom is -0.493 e. The number of nitrogens with one attached hydrogen (secondary N) is 1. The van der Waals surface area contributed by atoms with Gasteiger partial charge in [-0.3, -0.25) is 14.4 Å². The normalized spacial score (nSPS) is 24.8. The molecule has 0 saturated heterocycles. The number of nitrogens with zero attached hydrogens (tertiary/aromatic N) is 1. The van der Waals surface area contributed by atoms with Gasteiger partial charge < -0.3 is 29.9 Å². The average Bonchev–Trinajstić information content (AvgIpc) is 3.55. The molecule has 0 radical (unpaired) electrons. The molecule has 1 heterocycles. The molecule has 0 bridgehead atoms. The Kier molecular flexibility index (Phi) is 8.31. The second-order valence-corrected chi connectivity index (χ2v) is 9.75. The Labute approximate surface area is 211 Å². The molecule has 4 unspecified atom stereocenters. The molecule has 9 nitrogen and oxygen atoms in total. The molecule has 9 heteroatoms. The van der Waals surface area contributed by atoms with Crippen molar-refractivity contribution in [2.24, 2.45) is 0 Å². The molecule has 36 heavy (non-hydrogen) atoms. The van der Waals surface area contributed by atoms with E-state index in [0.717, 1.165) is 38.5 Å². The Balaban J connectivity index is 1.80. The number of hydrogen-bond donors (Lipinski definition) is 3. The van der Waals surface area contributed by atoms with Crippen molar-refractivity contribution in [3.63, 3.8) is 0 Å². The number of amides is 2. The highest BCUT2D eigenvalue weighted by Gasteiger charge is 2.52. The summed E-state index contributed by atoms with van der Waals surface area (Å²) >= 11 is 0. The quantitative estimate of drug-likeness (QED) is 0.420. The van der Waals surface area contributed by atoms with Crippen molar-refractivity contribution in [2.45, 2.75) is 82.1 Å². The van der Waals surface area contributed by atoms with Gasteiger partial charge in [-0.2, -0.15) is 0 Å². The second kappa shape index (κ2) is 11.4. The Morgan fingerprint density at radius 2 is 2.03 bits per heavy atom. The summed E-state index contributed by atoms with van der Waals surface area (Å²) in [6.45, 7) is 1.87. The Morgan fingerprint density at radius 3 is 2.67 bits per heavy atom. The number of aliphatic hydroxyl groups excluding tert-OH is 2. The number of methoxy groups -OCH3 is 1. The second-order valence-electron chi connectivity index (χ2n) is 9.75. The van der Waals surface area contributed by atoms with Gasteiger partial charge in [0.05, 0.1) is 25.7 Å². The summed E-state index contributed by atoms with van der Waals surface area (Å²) in [5, 5.41) is 23.6. The number of carbonyl (C=O) groups is 3. The fraction of sp³-hybridized carbons (Fsp3) is 0.593. The third-order valence-corrected chi connectivity index (χ3v) is 7.48. The van der Waals surface area contributed by atoms with Gasteiger partial charge in [-0.05, 0) is 37.5 Å². The van der Waals surface area contributed by atoms with E-state index in [1.54, 1.807) is 23.1 Å². The van der Waals surface area contributed by atoms with Gasteiger partial charge in [-0.15, -0.1) is 0 Å². The van der Waals surface area contributed by atoms with Crippen LogP contribution in [0.15, 0.2) is 23.8 Å². The Morgan fingerprint density at radius 1 is 1.28 bits per heavy atom. The molecular weight excluding hydrogens is 464 g/mol. The molecule has 2 amide bonds. The lowest BCUT2D eigenvalue weighted by atomic mass is 9.77. The van der Waals surface area contributed by atoms with Crippen LogP contribution in [-0.4, -0.2) is 77.8 Å². The molecule has 1 fully saturated rings. The van der Waals surface area contributed by atoms with Crippen molar-refractivity contribution < 1.29 is 34.1 Å². The maximum Gasteiger partial charge on any atom is 0.247 e. The summed E-state index contributed by atoms with van der Waals surface area (Å²) < 4.78 is 11.7. The maximum absolute atomic E-state index is 13.4. The van der Waals surface area contributed by atoms with Gasteiger partial charge in [0.1, 0.15) is 18.5 Å². The first kappa shape index (κ1) is 26.2. The summed E-state index contributed by atoms with van der Waals surface area (Å²) in [6.07, 6.45) is 6.19. The van der Waals surface area contributed by atoms with Gasteiger partial charge in [-0.1, -0.05) is 26.2 Å². The largest absolute Gasteiger partial charge is 0.493 e. The zero-order valence-electron chi connectivity index (χ0n) is 20.9. The summed E-state index contributed by atoms with van der Waals surface area (Å²) in [4.78, 5) is 40.1. The fourth-order valence-corrected chi connectivity index (χ4v) is 5.78. The predicted octanol–water partition coefficient (Wildman–Crippen LogP) is 2.09. The summed E-state index contributed by atoms with van der Waals surface area (Å²) in [6, 6.07) is 2.46. The van der Waals surface area contributed by atoms with Crippen LogP contribution in [0.25, 0.3) is 0 Å². The number of hydrogen-bond acceptors (Lipinski definition) is 7. The summed E-state index contributed by atoms with van der Waals surface area (Å²) in [5.74, 6) is -0.378. The van der Waals surface area contributed by atoms with Crippen molar-refractivity contribution in [3.8, 4) is 11.5 Å². The Hall–Kier alpha value is -2.91. The van der Waals surface area contributed by atoms with Crippen LogP contribution in [0, 0.1) is 0 Å². The molecule has 1 aromatic carbocycles. The number of rotatable bonds is 10. The zero-order chi connectivity index (χ0) is 25.8. The van der Waals surface area contributed by atoms with Crippen molar-refractivity contribution >= 4 is 18.1 Å². The van der Waals surface area contributed by atoms with E-state index in [2.05, 4.69) is 5.32 Å². The third kappa shape index (κ3) is 4.86. The van der Waals surface area contributed by atoms with E-state index < -0.39 is 30.1 Å². The van der Waals surface area contributed by atoms with Gasteiger partial charge in [-0.25, -0.2) is 0 Å². The van der Waals surface area contributed by atoms with E-state index in [-0.39, 0.29) is 25.1 Å². The van der Waals surface area contributed by atoms with Crippen LogP contribution in [0.3, 0.4) is 0 Å². The van der Waals surface area contributed by atoms with Gasteiger partial charge in [0, 0.05) is 35.7 Å². The molecule has 0 aromatic heterocycles. The lowest BCUT2D eigenvalue weighted by Gasteiger charge is -2.43. The van der Waals surface area contributed by atoms with E-state index in [0.29, 0.717) is 40.9 Å². The summed E-state index contributed by atoms with van der Waals surface area (Å²) in [5.41, 5.74) is 1.29. The molecule has 1 aromatic rings. The zero-order valence-corrected chi connectivity index (χ0v) is 20.9. The van der Waals surface area contributed by atoms with Crippen molar-refractivity contribution in [2.75, 3.05) is 20.3 Å². The molecule has 1 aliphatic heterocycles. The fourth-order valence-electron chi connectivity index (χ4n) is 5.78. The molecule has 3 aliphatic rings. The number of aldehydes is 1. The van der Waals surface area contributed by atoms with Gasteiger partial charge >= 0.3 is 0 Å². The smallest absolute Gasteiger partial charge is 0.247 e. The van der Waals surface area contributed by atoms with Crippen molar-refractivity contribution in [1.82, 2.24) is 10.2 Å². The van der Waals surface area contributed by atoms with Crippen LogP contribution in [0.1, 0.15) is 73.7 Å². The third-order valence-electron chi connectivity index (χ3n) is 7.48. The van der Waals surface area contributed by atoms with Crippen LogP contribution in [0.2, 0.25) is 0 Å². The number of carbonyl (C=O) groups excluding carboxylic acids is 3. The Bertz CT molecular complexity index is 1020. The molecule has 0 spiro atoms. The molecule has 4 rings (SSSR count). The predicted molar refractivity (Wildman–Crippen MR) is 132 cm³/mol. The lowest BCUT2D eigenvalue weighted by molar-refractivity contribution is -0.140. The highest BCUT2D eigenvalue weighted by molar-refractivity contribution is 5.96. The van der Waals surface area contributed by atoms with Gasteiger partial charge in [0.15, 0.2) is 11.5 Å². The molecule has 4 atom stereocenters. The summed E-state index contributed by atoms with van der Waals surface area (Å²) in [7, 11) is 1.47. The number of benzene rings is 1. The minimum atomic E-state index is -1.09. The number of fused-ring (bicyclic) bond motifs is 3. The van der Waals surface area contributed by atoms with Crippen molar-refractivity contribution in [3.05, 3.63) is 34.9 Å². The van der Waals surface area contributed by atoms with Crippen LogP contribution < -0.4 is 14.8 Å². The van der Waals surface area contributed by atoms with Crippen LogP contribution in [-0.2, 0) is 9.59 Å². The van der Waals surface area contributed by atoms with E-state index in [1.165, 1.54) is 7.11 Å². The van der Waals surface area contributed by atoms with Crippen LogP contribution >= 0.6 is 0 Å². The SMILES string of the molecule is CCCCC(=O)N(C1CCCC1)C1C=C(C(=O)NCCO)C2c3cc(C=O)cc(OC)c3OC2C1O. The first-order valence-electron chi connectivity index (χ1n) is 12.9. The van der Waals surface area contributed by atoms with Crippen LogP contribution in [0.5, 0.6) is 11.5 Å². The van der Waals surface area contributed by atoms with Gasteiger partial charge in [0.25, 0.3) is 0 Å². The highest BCUT2D eigenvalue weighted by Crippen LogP contribution is 2.51. The monoisotopic (exact) mass is 500 g/mol. The van der Waals surface area contributed by atoms with Crippen molar-refractivity contribution in [1.29, 1.82) is 0 Å². The maximum atomic E-state index is 13.4. The van der Waals surface area contributed by atoms with E-state index >= 15 is 0 Å². The first-order chi connectivity index (χ1) is 17.4. The molecule has 196 valence electrons. The average molecular weight is 501 g/mol. The highest BCUT2D eigenvalue weighted by atomic mass is 16.5. The topological polar surface area (TPSA) is 125 Å². The van der Waals surface area contributed by atoms with E-state index in [9.17, 15) is 24.6 Å². The lowest BCUT2D eigenvalue weighted by Crippen LogP contribution is -2.58. The van der Waals surface area contributed by atoms with Crippen LogP contribution in [0.4, 0.5) is 0 Å².